The molecule has 1 heterocycles. The van der Waals surface area contributed by atoms with Gasteiger partial charge in [0.1, 0.15) is 11.5 Å². The summed E-state index contributed by atoms with van der Waals surface area (Å²) >= 11 is 0. The van der Waals surface area contributed by atoms with Crippen LogP contribution in [0.4, 0.5) is 4.79 Å². The second-order valence-corrected chi connectivity index (χ2v) is 5.55. The van der Waals surface area contributed by atoms with Crippen LogP contribution < -0.4 is 5.32 Å². The molecule has 1 unspecified atom stereocenters. The van der Waals surface area contributed by atoms with Crippen molar-refractivity contribution in [1.82, 2.24) is 10.2 Å². The van der Waals surface area contributed by atoms with E-state index in [1.807, 2.05) is 6.92 Å². The maximum Gasteiger partial charge on any atom is 0.331 e. The molecule has 1 aliphatic carbocycles. The minimum absolute atomic E-state index is 0.401. The van der Waals surface area contributed by atoms with Crippen molar-refractivity contribution in [2.45, 2.75) is 57.9 Å². The van der Waals surface area contributed by atoms with Crippen LogP contribution in [-0.4, -0.2) is 28.8 Å². The van der Waals surface area contributed by atoms with Crippen molar-refractivity contribution in [2.24, 2.45) is 5.41 Å². The summed E-state index contributed by atoms with van der Waals surface area (Å²) in [6.45, 7) is 1.94. The van der Waals surface area contributed by atoms with E-state index in [4.69, 9.17) is 6.42 Å². The van der Waals surface area contributed by atoms with E-state index < -0.39 is 29.3 Å². The van der Waals surface area contributed by atoms with Crippen molar-refractivity contribution in [3.63, 3.8) is 0 Å². The first-order valence-corrected chi connectivity index (χ1v) is 7.22. The van der Waals surface area contributed by atoms with Gasteiger partial charge in [0.25, 0.3) is 0 Å². The Morgan fingerprint density at radius 3 is 2.50 bits per heavy atom. The molecule has 2 fully saturated rings. The van der Waals surface area contributed by atoms with E-state index in [0.717, 1.165) is 30.6 Å². The second kappa shape index (κ2) is 5.66. The summed E-state index contributed by atoms with van der Waals surface area (Å²) in [6.07, 6.45) is 10.5. The lowest BCUT2D eigenvalue weighted by atomic mass is 9.71. The molecule has 5 heteroatoms. The summed E-state index contributed by atoms with van der Waals surface area (Å²) in [4.78, 5) is 38.0. The molecule has 0 aromatic carbocycles. The molecule has 0 aromatic rings. The van der Waals surface area contributed by atoms with Crippen LogP contribution in [0, 0.1) is 17.8 Å². The summed E-state index contributed by atoms with van der Waals surface area (Å²) in [6, 6.07) is -1.24. The minimum Gasteiger partial charge on any atom is -0.277 e. The predicted octanol–water partition coefficient (Wildman–Crippen LogP) is 1.82. The zero-order valence-electron chi connectivity index (χ0n) is 11.8. The van der Waals surface area contributed by atoms with Gasteiger partial charge in [-0.05, 0) is 19.3 Å². The third kappa shape index (κ3) is 2.20. The summed E-state index contributed by atoms with van der Waals surface area (Å²) in [5.41, 5.74) is -1.07. The molecule has 1 atom stereocenters. The Labute approximate surface area is 119 Å². The van der Waals surface area contributed by atoms with Gasteiger partial charge in [-0.2, -0.15) is 0 Å². The van der Waals surface area contributed by atoms with Crippen molar-refractivity contribution >= 4 is 17.8 Å². The standard InChI is InChI=1S/C15H20N2O3/c1-3-8-11(4-2)17-13(19)15(9-6-5-7-10-15)12(18)16-14(17)20/h2,11H,3,5-10H2,1H3,(H,16,18,20). The maximum atomic E-state index is 12.7. The van der Waals surface area contributed by atoms with Crippen LogP contribution >= 0.6 is 0 Å². The van der Waals surface area contributed by atoms with E-state index in [0.29, 0.717) is 19.3 Å². The molecule has 5 nitrogen and oxygen atoms in total. The second-order valence-electron chi connectivity index (χ2n) is 5.55. The Balaban J connectivity index is 2.33. The molecule has 1 aliphatic heterocycles. The first-order valence-electron chi connectivity index (χ1n) is 7.22. The summed E-state index contributed by atoms with van der Waals surface area (Å²) in [5, 5.41) is 2.33. The molecule has 4 amide bonds. The lowest BCUT2D eigenvalue weighted by Gasteiger charge is -2.42. The highest BCUT2D eigenvalue weighted by Gasteiger charge is 2.55. The first-order chi connectivity index (χ1) is 9.56. The van der Waals surface area contributed by atoms with Crippen molar-refractivity contribution in [3.8, 4) is 12.3 Å². The van der Waals surface area contributed by atoms with Gasteiger partial charge in [0.05, 0.1) is 0 Å². The van der Waals surface area contributed by atoms with Crippen LogP contribution in [0.1, 0.15) is 51.9 Å². The first kappa shape index (κ1) is 14.6. The quantitative estimate of drug-likeness (QED) is 0.631. The normalized spacial score (nSPS) is 23.4. The molecule has 0 aromatic heterocycles. The van der Waals surface area contributed by atoms with E-state index in [-0.39, 0.29) is 0 Å². The fourth-order valence-electron chi connectivity index (χ4n) is 3.14. The molecule has 1 saturated heterocycles. The van der Waals surface area contributed by atoms with Gasteiger partial charge in [-0.15, -0.1) is 6.42 Å². The van der Waals surface area contributed by atoms with Crippen molar-refractivity contribution in [3.05, 3.63) is 0 Å². The Kier molecular flexibility index (Phi) is 4.12. The molecular formula is C15H20N2O3. The number of amides is 4. The number of nitrogens with zero attached hydrogens (tertiary/aromatic N) is 1. The van der Waals surface area contributed by atoms with Crippen LogP contribution in [0.2, 0.25) is 0 Å². The Morgan fingerprint density at radius 1 is 1.30 bits per heavy atom. The van der Waals surface area contributed by atoms with Gasteiger partial charge in [-0.1, -0.05) is 38.5 Å². The van der Waals surface area contributed by atoms with E-state index in [1.165, 1.54) is 0 Å². The number of barbiturate groups is 1. The third-order valence-electron chi connectivity index (χ3n) is 4.28. The number of hydrogen-bond acceptors (Lipinski definition) is 3. The van der Waals surface area contributed by atoms with E-state index in [2.05, 4.69) is 11.2 Å². The zero-order valence-corrected chi connectivity index (χ0v) is 11.8. The number of terminal acetylenes is 1. The summed E-state index contributed by atoms with van der Waals surface area (Å²) in [7, 11) is 0. The highest BCUT2D eigenvalue weighted by atomic mass is 16.2. The molecule has 1 N–H and O–H groups in total. The third-order valence-corrected chi connectivity index (χ3v) is 4.28. The predicted molar refractivity (Wildman–Crippen MR) is 73.4 cm³/mol. The molecule has 1 spiro atoms. The number of urea groups is 1. The largest absolute Gasteiger partial charge is 0.331 e. The Hall–Kier alpha value is -1.83. The van der Waals surface area contributed by atoms with E-state index >= 15 is 0 Å². The van der Waals surface area contributed by atoms with Crippen molar-refractivity contribution in [1.29, 1.82) is 0 Å². The van der Waals surface area contributed by atoms with Gasteiger partial charge in [0.2, 0.25) is 11.8 Å². The van der Waals surface area contributed by atoms with Gasteiger partial charge in [0.15, 0.2) is 0 Å². The Bertz CT molecular complexity index is 472. The van der Waals surface area contributed by atoms with Crippen LogP contribution in [-0.2, 0) is 9.59 Å². The number of rotatable bonds is 3. The van der Waals surface area contributed by atoms with Crippen LogP contribution in [0.5, 0.6) is 0 Å². The molecule has 0 bridgehead atoms. The van der Waals surface area contributed by atoms with Gasteiger partial charge in [-0.25, -0.2) is 9.69 Å². The summed E-state index contributed by atoms with van der Waals surface area (Å²) < 4.78 is 0. The molecule has 1 saturated carbocycles. The molecule has 108 valence electrons. The molecular weight excluding hydrogens is 256 g/mol. The molecule has 0 radical (unpaired) electrons. The summed E-state index contributed by atoms with van der Waals surface area (Å²) in [5.74, 6) is 1.65. The highest BCUT2D eigenvalue weighted by molar-refractivity contribution is 6.19. The van der Waals surface area contributed by atoms with E-state index in [1.54, 1.807) is 0 Å². The minimum atomic E-state index is -1.07. The number of carbonyl (C=O) groups excluding carboxylic acids is 3. The number of imide groups is 2. The lowest BCUT2D eigenvalue weighted by molar-refractivity contribution is -0.154. The monoisotopic (exact) mass is 276 g/mol. The van der Waals surface area contributed by atoms with Crippen LogP contribution in [0.3, 0.4) is 0 Å². The van der Waals surface area contributed by atoms with Crippen LogP contribution in [0.25, 0.3) is 0 Å². The number of nitrogens with one attached hydrogen (secondary N) is 1. The molecule has 2 rings (SSSR count). The van der Waals surface area contributed by atoms with Gasteiger partial charge in [0, 0.05) is 0 Å². The highest BCUT2D eigenvalue weighted by Crippen LogP contribution is 2.40. The smallest absolute Gasteiger partial charge is 0.277 e. The number of hydrogen-bond donors (Lipinski definition) is 1. The molecule has 20 heavy (non-hydrogen) atoms. The zero-order chi connectivity index (χ0) is 14.8. The molecule has 2 aliphatic rings. The maximum absolute atomic E-state index is 12.7. The number of carbonyl (C=O) groups is 3. The van der Waals surface area contributed by atoms with Gasteiger partial charge < -0.3 is 0 Å². The SMILES string of the molecule is C#CC(CCC)N1C(=O)NC(=O)C2(CCCCC2)C1=O. The van der Waals surface area contributed by atoms with Crippen molar-refractivity contribution in [2.75, 3.05) is 0 Å². The van der Waals surface area contributed by atoms with Crippen molar-refractivity contribution < 1.29 is 14.4 Å². The van der Waals surface area contributed by atoms with Gasteiger partial charge >= 0.3 is 6.03 Å². The fourth-order valence-corrected chi connectivity index (χ4v) is 3.14. The topological polar surface area (TPSA) is 66.5 Å². The average Bonchev–Trinajstić information content (AvgIpc) is 2.45. The Morgan fingerprint density at radius 2 is 1.95 bits per heavy atom. The fraction of sp³-hybridized carbons (Fsp3) is 0.667. The average molecular weight is 276 g/mol. The van der Waals surface area contributed by atoms with Gasteiger partial charge in [-0.3, -0.25) is 14.9 Å². The lowest BCUT2D eigenvalue weighted by Crippen LogP contribution is -2.66. The van der Waals surface area contributed by atoms with E-state index in [9.17, 15) is 14.4 Å². The van der Waals surface area contributed by atoms with Crippen LogP contribution in [0.15, 0.2) is 0 Å².